The lowest BCUT2D eigenvalue weighted by Gasteiger charge is -2.22. The second kappa shape index (κ2) is 11.6. The zero-order valence-corrected chi connectivity index (χ0v) is 19.4. The molecule has 2 rings (SSSR count). The van der Waals surface area contributed by atoms with Crippen LogP contribution in [0.15, 0.2) is 58.9 Å². The fraction of sp³-hybridized carbons (Fsp3) is 0.304. The van der Waals surface area contributed by atoms with Gasteiger partial charge in [-0.25, -0.2) is 4.79 Å². The van der Waals surface area contributed by atoms with Crippen molar-refractivity contribution in [2.24, 2.45) is 4.99 Å². The Balaban J connectivity index is 0.00000204. The molecule has 1 aromatic carbocycles. The molecule has 0 fully saturated rings. The number of anilines is 1. The van der Waals surface area contributed by atoms with Crippen molar-refractivity contribution in [1.82, 2.24) is 0 Å². The smallest absolute Gasteiger partial charge is 0.348 e. The Morgan fingerprint density at radius 3 is 2.55 bits per heavy atom. The quantitative estimate of drug-likeness (QED) is 0.271. The number of nitrogens with zero attached hydrogens (tertiary/aromatic N) is 1. The first-order valence-electron chi connectivity index (χ1n) is 9.33. The van der Waals surface area contributed by atoms with Gasteiger partial charge in [0.1, 0.15) is 4.88 Å². The number of aromatic carboxylic acids is 1. The average molecular weight is 431 g/mol. The van der Waals surface area contributed by atoms with E-state index >= 15 is 0 Å². The van der Waals surface area contributed by atoms with E-state index in [4.69, 9.17) is 0 Å². The van der Waals surface area contributed by atoms with E-state index in [2.05, 4.69) is 68.8 Å². The van der Waals surface area contributed by atoms with Crippen LogP contribution in [-0.4, -0.2) is 17.3 Å². The van der Waals surface area contributed by atoms with Crippen LogP contribution in [0.1, 0.15) is 61.8 Å². The molecule has 0 spiro atoms. The molecule has 0 saturated carbocycles. The minimum Gasteiger partial charge on any atom is -0.477 e. The molecule has 0 amide bonds. The fourth-order valence-electron chi connectivity index (χ4n) is 2.52. The molecule has 2 aromatic rings. The molecule has 0 saturated heterocycles. The van der Waals surface area contributed by atoms with Gasteiger partial charge in [0.15, 0.2) is 0 Å². The maximum Gasteiger partial charge on any atom is 0.348 e. The first-order valence-corrected chi connectivity index (χ1v) is 11.0. The van der Waals surface area contributed by atoms with Crippen LogP contribution in [0.4, 0.5) is 5.69 Å². The summed E-state index contributed by atoms with van der Waals surface area (Å²) in [5, 5.41) is 11.1. The van der Waals surface area contributed by atoms with Crippen LogP contribution in [0.25, 0.3) is 5.57 Å². The lowest BCUT2D eigenvalue weighted by Crippen LogP contribution is -2.11. The largest absolute Gasteiger partial charge is 0.477 e. The number of hydrogen-bond acceptors (Lipinski definition) is 5. The predicted molar refractivity (Wildman–Crippen MR) is 130 cm³/mol. The summed E-state index contributed by atoms with van der Waals surface area (Å²) in [6, 6.07) is 8.24. The monoisotopic (exact) mass is 430 g/mol. The van der Waals surface area contributed by atoms with Crippen molar-refractivity contribution < 1.29 is 9.90 Å². The lowest BCUT2D eigenvalue weighted by molar-refractivity contribution is 0.0703. The van der Waals surface area contributed by atoms with Gasteiger partial charge in [0.25, 0.3) is 0 Å². The molecule has 0 aliphatic carbocycles. The molecule has 0 aliphatic heterocycles. The number of rotatable bonds is 7. The SMILES string of the molecule is C=C.CC=N/C=C(\CC)c1cc(C(C)(C)C)ccc1SNc1ccsc1C(=O)O. The Hall–Kier alpha value is -2.31. The third-order valence-corrected chi connectivity index (χ3v) is 5.88. The highest BCUT2D eigenvalue weighted by Crippen LogP contribution is 2.36. The topological polar surface area (TPSA) is 61.7 Å². The van der Waals surface area contributed by atoms with Crippen molar-refractivity contribution in [1.29, 1.82) is 0 Å². The van der Waals surface area contributed by atoms with Gasteiger partial charge in [-0.15, -0.1) is 24.5 Å². The van der Waals surface area contributed by atoms with Gasteiger partial charge in [-0.1, -0.05) is 33.8 Å². The number of carboxylic acid groups (broad SMARTS) is 1. The van der Waals surface area contributed by atoms with Crippen molar-refractivity contribution >= 4 is 46.7 Å². The zero-order valence-electron chi connectivity index (χ0n) is 17.8. The standard InChI is InChI=1S/C21H26N2O2S2.C2H4/c1-6-14(13-22-7-2)16-12-15(21(3,4)5)8-9-18(16)27-23-17-10-11-26-19(17)20(24)25;1-2/h7-13,23H,6H2,1-5H3,(H,24,25);1-2H2/b14-13+,22-7?;. The number of thiophene rings is 1. The second-order valence-corrected chi connectivity index (χ2v) is 8.81. The van der Waals surface area contributed by atoms with Gasteiger partial charge in [-0.2, -0.15) is 0 Å². The number of allylic oxidation sites excluding steroid dienone is 1. The van der Waals surface area contributed by atoms with Crippen molar-refractivity contribution in [3.8, 4) is 0 Å². The molecule has 4 nitrogen and oxygen atoms in total. The third kappa shape index (κ3) is 6.91. The van der Waals surface area contributed by atoms with Gasteiger partial charge in [0, 0.05) is 17.3 Å². The summed E-state index contributed by atoms with van der Waals surface area (Å²) in [5.74, 6) is -0.914. The van der Waals surface area contributed by atoms with Crippen LogP contribution in [0, 0.1) is 0 Å². The van der Waals surface area contributed by atoms with Crippen LogP contribution in [-0.2, 0) is 5.41 Å². The molecule has 29 heavy (non-hydrogen) atoms. The van der Waals surface area contributed by atoms with Gasteiger partial charge >= 0.3 is 5.97 Å². The first kappa shape index (κ1) is 24.7. The van der Waals surface area contributed by atoms with Gasteiger partial charge < -0.3 is 9.83 Å². The summed E-state index contributed by atoms with van der Waals surface area (Å²) >= 11 is 2.65. The number of benzene rings is 1. The molecule has 156 valence electrons. The normalized spacial score (nSPS) is 11.8. The van der Waals surface area contributed by atoms with Crippen LogP contribution in [0.2, 0.25) is 0 Å². The van der Waals surface area contributed by atoms with Crippen molar-refractivity contribution in [3.63, 3.8) is 0 Å². The fourth-order valence-corrected chi connectivity index (χ4v) is 4.10. The summed E-state index contributed by atoms with van der Waals surface area (Å²) in [7, 11) is 0. The summed E-state index contributed by atoms with van der Waals surface area (Å²) in [5.41, 5.74) is 4.19. The van der Waals surface area contributed by atoms with E-state index in [0.717, 1.165) is 22.5 Å². The Labute approximate surface area is 182 Å². The Kier molecular flexibility index (Phi) is 9.92. The van der Waals surface area contributed by atoms with E-state index in [9.17, 15) is 9.90 Å². The van der Waals surface area contributed by atoms with Crippen LogP contribution in [0.3, 0.4) is 0 Å². The van der Waals surface area contributed by atoms with E-state index in [1.807, 2.05) is 13.1 Å². The highest BCUT2D eigenvalue weighted by Gasteiger charge is 2.18. The number of carboxylic acids is 1. The third-order valence-electron chi connectivity index (χ3n) is 4.08. The van der Waals surface area contributed by atoms with Crippen molar-refractivity contribution in [2.75, 3.05) is 4.72 Å². The summed E-state index contributed by atoms with van der Waals surface area (Å²) in [6.45, 7) is 16.6. The highest BCUT2D eigenvalue weighted by atomic mass is 32.2. The molecule has 0 unspecified atom stereocenters. The molecule has 0 aliphatic rings. The molecular weight excluding hydrogens is 400 g/mol. The van der Waals surface area contributed by atoms with Gasteiger partial charge in [-0.05, 0) is 71.0 Å². The van der Waals surface area contributed by atoms with Gasteiger partial charge in [0.2, 0.25) is 0 Å². The molecule has 6 heteroatoms. The number of carbonyl (C=O) groups is 1. The molecule has 0 bridgehead atoms. The first-order chi connectivity index (χ1) is 13.8. The minimum atomic E-state index is -0.914. The summed E-state index contributed by atoms with van der Waals surface area (Å²) in [6.07, 6.45) is 4.54. The zero-order chi connectivity index (χ0) is 22.0. The van der Waals surface area contributed by atoms with Crippen molar-refractivity contribution in [2.45, 2.75) is 51.3 Å². The van der Waals surface area contributed by atoms with E-state index in [0.29, 0.717) is 10.6 Å². The van der Waals surface area contributed by atoms with Crippen LogP contribution in [0.5, 0.6) is 0 Å². The molecular formula is C23H30N2O2S2. The number of hydrogen-bond donors (Lipinski definition) is 2. The number of nitrogens with one attached hydrogen (secondary N) is 1. The van der Waals surface area contributed by atoms with Crippen LogP contribution >= 0.6 is 23.3 Å². The van der Waals surface area contributed by atoms with Crippen LogP contribution < -0.4 is 4.72 Å². The molecule has 1 heterocycles. The van der Waals surface area contributed by atoms with Crippen molar-refractivity contribution in [3.05, 3.63) is 65.0 Å². The maximum atomic E-state index is 11.3. The molecule has 2 N–H and O–H groups in total. The summed E-state index contributed by atoms with van der Waals surface area (Å²) in [4.78, 5) is 17.0. The minimum absolute atomic E-state index is 0.0437. The maximum absolute atomic E-state index is 11.3. The predicted octanol–water partition coefficient (Wildman–Crippen LogP) is 7.51. The van der Waals surface area contributed by atoms with E-state index < -0.39 is 5.97 Å². The highest BCUT2D eigenvalue weighted by molar-refractivity contribution is 8.00. The van der Waals surface area contributed by atoms with E-state index in [-0.39, 0.29) is 5.41 Å². The molecule has 0 atom stereocenters. The molecule has 0 radical (unpaired) electrons. The molecule has 1 aromatic heterocycles. The van der Waals surface area contributed by atoms with Gasteiger partial charge in [0.05, 0.1) is 5.69 Å². The van der Waals surface area contributed by atoms with E-state index in [1.165, 1.54) is 28.8 Å². The second-order valence-electron chi connectivity index (χ2n) is 7.05. The Morgan fingerprint density at radius 2 is 2.00 bits per heavy atom. The van der Waals surface area contributed by atoms with E-state index in [1.54, 1.807) is 17.7 Å². The van der Waals surface area contributed by atoms with Gasteiger partial charge in [-0.3, -0.25) is 4.99 Å². The Bertz CT molecular complexity index is 877. The lowest BCUT2D eigenvalue weighted by atomic mass is 9.85. The number of aliphatic imine (C=N–C) groups is 1. The summed E-state index contributed by atoms with van der Waals surface area (Å²) < 4.78 is 3.21. The average Bonchev–Trinajstić information content (AvgIpc) is 3.17. The Morgan fingerprint density at radius 1 is 1.31 bits per heavy atom.